The number of thiocarbonyl (C=S) groups is 1. The molecule has 0 aromatic carbocycles. The van der Waals surface area contributed by atoms with Crippen LogP contribution in [-0.2, 0) is 4.79 Å². The maximum absolute atomic E-state index is 12.0. The Morgan fingerprint density at radius 3 is 2.56 bits per heavy atom. The van der Waals surface area contributed by atoms with E-state index in [0.717, 1.165) is 25.4 Å². The highest BCUT2D eigenvalue weighted by Gasteiger charge is 2.25. The zero-order valence-corrected chi connectivity index (χ0v) is 12.3. The first-order valence-electron chi connectivity index (χ1n) is 6.77. The normalized spacial score (nSPS) is 14.8. The molecule has 0 saturated heterocycles. The average molecular weight is 271 g/mol. The molecule has 0 radical (unpaired) electrons. The van der Waals surface area contributed by atoms with E-state index in [1.165, 1.54) is 12.8 Å². The summed E-state index contributed by atoms with van der Waals surface area (Å²) < 4.78 is 0. The van der Waals surface area contributed by atoms with E-state index in [4.69, 9.17) is 18.0 Å². The summed E-state index contributed by atoms with van der Waals surface area (Å²) in [6.45, 7) is 5.38. The van der Waals surface area contributed by atoms with E-state index in [2.05, 4.69) is 11.8 Å². The molecule has 18 heavy (non-hydrogen) atoms. The molecule has 104 valence electrons. The van der Waals surface area contributed by atoms with Crippen molar-refractivity contribution in [2.45, 2.75) is 32.6 Å². The van der Waals surface area contributed by atoms with Crippen LogP contribution in [0.2, 0.25) is 0 Å². The van der Waals surface area contributed by atoms with Crippen LogP contribution in [0.4, 0.5) is 0 Å². The Morgan fingerprint density at radius 1 is 1.39 bits per heavy atom. The number of hydrogen-bond acceptors (Lipinski definition) is 3. The first-order chi connectivity index (χ1) is 8.52. The summed E-state index contributed by atoms with van der Waals surface area (Å²) in [5, 5.41) is 0. The van der Waals surface area contributed by atoms with Gasteiger partial charge in [-0.15, -0.1) is 0 Å². The zero-order chi connectivity index (χ0) is 13.5. The number of carbonyl (C=O) groups is 1. The van der Waals surface area contributed by atoms with Crippen molar-refractivity contribution in [3.05, 3.63) is 0 Å². The van der Waals surface area contributed by atoms with Crippen LogP contribution < -0.4 is 5.73 Å². The monoisotopic (exact) mass is 271 g/mol. The molecule has 0 unspecified atom stereocenters. The van der Waals surface area contributed by atoms with Gasteiger partial charge in [0.15, 0.2) is 0 Å². The standard InChI is InChI=1S/C13H25N3OS/c1-3-7-16(9-11-4-5-11)10-13(17)15(2)8-6-12(14)18/h11H,3-10H2,1-2H3,(H2,14,18). The summed E-state index contributed by atoms with van der Waals surface area (Å²) in [7, 11) is 1.82. The van der Waals surface area contributed by atoms with Crippen molar-refractivity contribution in [1.82, 2.24) is 9.80 Å². The van der Waals surface area contributed by atoms with Crippen molar-refractivity contribution in [1.29, 1.82) is 0 Å². The van der Waals surface area contributed by atoms with Crippen LogP contribution >= 0.6 is 12.2 Å². The first kappa shape index (κ1) is 15.4. The Bertz CT molecular complexity index is 292. The van der Waals surface area contributed by atoms with E-state index in [-0.39, 0.29) is 5.91 Å². The van der Waals surface area contributed by atoms with Gasteiger partial charge in [-0.1, -0.05) is 19.1 Å². The molecule has 1 saturated carbocycles. The fourth-order valence-corrected chi connectivity index (χ4v) is 2.02. The molecule has 5 heteroatoms. The molecular weight excluding hydrogens is 246 g/mol. The molecule has 0 atom stereocenters. The van der Waals surface area contributed by atoms with E-state index < -0.39 is 0 Å². The number of hydrogen-bond donors (Lipinski definition) is 1. The maximum atomic E-state index is 12.0. The third-order valence-corrected chi connectivity index (χ3v) is 3.44. The summed E-state index contributed by atoms with van der Waals surface area (Å²) >= 11 is 4.82. The van der Waals surface area contributed by atoms with Gasteiger partial charge in [0.05, 0.1) is 11.5 Å². The highest BCUT2D eigenvalue weighted by atomic mass is 32.1. The molecule has 0 bridgehead atoms. The van der Waals surface area contributed by atoms with E-state index in [1.54, 1.807) is 4.90 Å². The largest absolute Gasteiger partial charge is 0.393 e. The average Bonchev–Trinajstić information content (AvgIpc) is 3.09. The minimum atomic E-state index is 0.167. The molecule has 4 nitrogen and oxygen atoms in total. The topological polar surface area (TPSA) is 49.6 Å². The lowest BCUT2D eigenvalue weighted by molar-refractivity contribution is -0.131. The van der Waals surface area contributed by atoms with Gasteiger partial charge in [-0.2, -0.15) is 0 Å². The number of nitrogens with two attached hydrogens (primary N) is 1. The molecule has 1 aliphatic carbocycles. The second kappa shape index (κ2) is 7.69. The van der Waals surface area contributed by atoms with Crippen molar-refractivity contribution in [2.24, 2.45) is 11.7 Å². The molecule has 0 aromatic rings. The Morgan fingerprint density at radius 2 is 2.06 bits per heavy atom. The van der Waals surface area contributed by atoms with Gasteiger partial charge in [0, 0.05) is 26.6 Å². The van der Waals surface area contributed by atoms with Crippen molar-refractivity contribution in [2.75, 3.05) is 33.2 Å². The first-order valence-corrected chi connectivity index (χ1v) is 7.18. The molecule has 0 spiro atoms. The van der Waals surface area contributed by atoms with Crippen molar-refractivity contribution >= 4 is 23.1 Å². The van der Waals surface area contributed by atoms with E-state index in [1.807, 2.05) is 7.05 Å². The molecule has 1 amide bonds. The predicted octanol–water partition coefficient (Wildman–Crippen LogP) is 1.24. The van der Waals surface area contributed by atoms with Crippen LogP contribution in [0.3, 0.4) is 0 Å². The molecule has 1 rings (SSSR count). The molecule has 0 aromatic heterocycles. The summed E-state index contributed by atoms with van der Waals surface area (Å²) in [6.07, 6.45) is 4.35. The number of likely N-dealkylation sites (N-methyl/N-ethyl adjacent to an activating group) is 1. The quantitative estimate of drug-likeness (QED) is 0.641. The minimum absolute atomic E-state index is 0.167. The number of rotatable bonds is 9. The van der Waals surface area contributed by atoms with Gasteiger partial charge in [0.2, 0.25) is 5.91 Å². The van der Waals surface area contributed by atoms with Crippen LogP contribution in [-0.4, -0.2) is 53.9 Å². The van der Waals surface area contributed by atoms with Gasteiger partial charge in [-0.05, 0) is 31.7 Å². The summed E-state index contributed by atoms with van der Waals surface area (Å²) in [4.78, 5) is 16.5. The molecule has 1 aliphatic rings. The number of amides is 1. The third kappa shape index (κ3) is 6.31. The van der Waals surface area contributed by atoms with Gasteiger partial charge in [0.25, 0.3) is 0 Å². The van der Waals surface area contributed by atoms with E-state index in [0.29, 0.717) is 24.5 Å². The van der Waals surface area contributed by atoms with Crippen LogP contribution in [0.15, 0.2) is 0 Å². The van der Waals surface area contributed by atoms with E-state index in [9.17, 15) is 4.79 Å². The van der Waals surface area contributed by atoms with Crippen molar-refractivity contribution < 1.29 is 4.79 Å². The summed E-state index contributed by atoms with van der Waals surface area (Å²) in [5.41, 5.74) is 5.45. The number of nitrogens with zero attached hydrogens (tertiary/aromatic N) is 2. The van der Waals surface area contributed by atoms with Crippen molar-refractivity contribution in [3.63, 3.8) is 0 Å². The molecule has 2 N–H and O–H groups in total. The van der Waals surface area contributed by atoms with Gasteiger partial charge in [-0.3, -0.25) is 9.69 Å². The smallest absolute Gasteiger partial charge is 0.236 e. The lowest BCUT2D eigenvalue weighted by Gasteiger charge is -2.24. The van der Waals surface area contributed by atoms with Gasteiger partial charge in [0.1, 0.15) is 0 Å². The SMILES string of the molecule is CCCN(CC(=O)N(C)CCC(N)=S)CC1CC1. The fourth-order valence-electron chi connectivity index (χ4n) is 1.93. The zero-order valence-electron chi connectivity index (χ0n) is 11.5. The van der Waals surface area contributed by atoms with Crippen LogP contribution in [0.25, 0.3) is 0 Å². The Hall–Kier alpha value is -0.680. The Balaban J connectivity index is 2.31. The fraction of sp³-hybridized carbons (Fsp3) is 0.846. The van der Waals surface area contributed by atoms with Crippen molar-refractivity contribution in [3.8, 4) is 0 Å². The van der Waals surface area contributed by atoms with E-state index >= 15 is 0 Å². The van der Waals surface area contributed by atoms with Gasteiger partial charge < -0.3 is 10.6 Å². The Labute approximate surface area is 115 Å². The van der Waals surface area contributed by atoms with Gasteiger partial charge in [-0.25, -0.2) is 0 Å². The number of carbonyl (C=O) groups excluding carboxylic acids is 1. The minimum Gasteiger partial charge on any atom is -0.393 e. The van der Waals surface area contributed by atoms with Gasteiger partial charge >= 0.3 is 0 Å². The summed E-state index contributed by atoms with van der Waals surface area (Å²) in [6, 6.07) is 0. The molecular formula is C13H25N3OS. The third-order valence-electron chi connectivity index (χ3n) is 3.23. The molecule has 0 heterocycles. The molecule has 0 aliphatic heterocycles. The molecule has 1 fully saturated rings. The second-order valence-electron chi connectivity index (χ2n) is 5.21. The van der Waals surface area contributed by atoms with Crippen LogP contribution in [0.5, 0.6) is 0 Å². The predicted molar refractivity (Wildman–Crippen MR) is 78.5 cm³/mol. The lowest BCUT2D eigenvalue weighted by Crippen LogP contribution is -2.40. The highest BCUT2D eigenvalue weighted by Crippen LogP contribution is 2.29. The summed E-state index contributed by atoms with van der Waals surface area (Å²) in [5.74, 6) is 0.992. The van der Waals surface area contributed by atoms with Crippen LogP contribution in [0.1, 0.15) is 32.6 Å². The second-order valence-corrected chi connectivity index (χ2v) is 5.73. The maximum Gasteiger partial charge on any atom is 0.236 e. The highest BCUT2D eigenvalue weighted by molar-refractivity contribution is 7.80. The lowest BCUT2D eigenvalue weighted by atomic mass is 10.3. The Kier molecular flexibility index (Phi) is 6.57. The van der Waals surface area contributed by atoms with Crippen LogP contribution in [0, 0.1) is 5.92 Å².